The van der Waals surface area contributed by atoms with E-state index in [0.29, 0.717) is 24.0 Å². The Hall–Kier alpha value is -1.44. The van der Waals surface area contributed by atoms with Gasteiger partial charge in [-0.25, -0.2) is 4.79 Å². The van der Waals surface area contributed by atoms with Crippen LogP contribution in [0.5, 0.6) is 0 Å². The minimum Gasteiger partial charge on any atom is -0.468 e. The molecule has 1 heterocycles. The fourth-order valence-electron chi connectivity index (χ4n) is 5.06. The molecule has 0 saturated carbocycles. The molecule has 0 radical (unpaired) electrons. The van der Waals surface area contributed by atoms with Crippen LogP contribution in [0.4, 0.5) is 4.79 Å². The van der Waals surface area contributed by atoms with E-state index in [9.17, 15) is 4.79 Å². The van der Waals surface area contributed by atoms with Gasteiger partial charge in [0.25, 0.3) is 0 Å². The highest BCUT2D eigenvalue weighted by atomic mass is 32.2. The molecule has 2 aromatic carbocycles. The quantitative estimate of drug-likeness (QED) is 0.202. The van der Waals surface area contributed by atoms with Crippen molar-refractivity contribution in [3.05, 3.63) is 47.5 Å². The molecule has 252 valence electrons. The number of benzene rings is 2. The van der Waals surface area contributed by atoms with Crippen LogP contribution in [0, 0.1) is 0 Å². The third-order valence-electron chi connectivity index (χ3n) is 9.69. The van der Waals surface area contributed by atoms with Crippen molar-refractivity contribution in [2.45, 2.75) is 135 Å². The molecule has 1 aliphatic heterocycles. The molecule has 0 aliphatic carbocycles. The monoisotopic (exact) mass is 691 g/mol. The van der Waals surface area contributed by atoms with E-state index in [1.807, 2.05) is 31.9 Å². The third kappa shape index (κ3) is 9.35. The number of thiocarbonyl (C=S) groups is 1. The molecule has 2 aromatic rings. The van der Waals surface area contributed by atoms with Gasteiger partial charge in [-0.3, -0.25) is 4.90 Å². The molecule has 6 nitrogen and oxygen atoms in total. The summed E-state index contributed by atoms with van der Waals surface area (Å²) in [5.41, 5.74) is 1.49. The Kier molecular flexibility index (Phi) is 11.8. The molecule has 1 aliphatic rings. The van der Waals surface area contributed by atoms with E-state index < -0.39 is 28.3 Å². The first kappa shape index (κ1) is 38.0. The summed E-state index contributed by atoms with van der Waals surface area (Å²) in [6.07, 6.45) is 1.54. The van der Waals surface area contributed by atoms with E-state index >= 15 is 0 Å². The van der Waals surface area contributed by atoms with Crippen molar-refractivity contribution in [1.82, 2.24) is 4.90 Å². The summed E-state index contributed by atoms with van der Waals surface area (Å²) in [5.74, 6) is 0. The molecular formula is C35H57NO5S2Si2. The van der Waals surface area contributed by atoms with Crippen molar-refractivity contribution in [2.75, 3.05) is 12.8 Å². The normalized spacial score (nSPS) is 19.1. The Bertz CT molecular complexity index is 1360. The number of rotatable bonds is 8. The number of hydrogen-bond acceptors (Lipinski definition) is 7. The molecule has 3 atom stereocenters. The molecule has 10 heteroatoms. The number of amides is 1. The topological polar surface area (TPSA) is 57.2 Å². The van der Waals surface area contributed by atoms with Crippen LogP contribution < -0.4 is 0 Å². The highest BCUT2D eigenvalue weighted by Crippen LogP contribution is 2.43. The van der Waals surface area contributed by atoms with Crippen LogP contribution in [0.25, 0.3) is 10.8 Å². The van der Waals surface area contributed by atoms with Crippen molar-refractivity contribution in [3.8, 4) is 0 Å². The Morgan fingerprint density at radius 3 is 2.04 bits per heavy atom. The van der Waals surface area contributed by atoms with E-state index in [2.05, 4.69) is 104 Å². The molecule has 45 heavy (non-hydrogen) atoms. The number of likely N-dealkylation sites (tertiary alicyclic amines) is 1. The Labute approximate surface area is 284 Å². The average molecular weight is 692 g/mol. The summed E-state index contributed by atoms with van der Waals surface area (Å²) in [6.45, 7) is 29.3. The number of fused-ring (bicyclic) bond motifs is 1. The minimum absolute atomic E-state index is 0.0384. The fourth-order valence-corrected chi connectivity index (χ4v) is 7.67. The molecule has 1 saturated heterocycles. The number of carbonyl (C=O) groups is 1. The summed E-state index contributed by atoms with van der Waals surface area (Å²) in [4.78, 5) is 15.6. The molecule has 1 fully saturated rings. The zero-order chi connectivity index (χ0) is 34.2. The predicted molar refractivity (Wildman–Crippen MR) is 199 cm³/mol. The van der Waals surface area contributed by atoms with Gasteiger partial charge in [-0.15, -0.1) is 0 Å². The van der Waals surface area contributed by atoms with Crippen LogP contribution in [0.3, 0.4) is 0 Å². The lowest BCUT2D eigenvalue weighted by atomic mass is 9.92. The first-order valence-corrected chi connectivity index (χ1v) is 23.5. The van der Waals surface area contributed by atoms with Gasteiger partial charge in [-0.1, -0.05) is 89.7 Å². The predicted octanol–water partition coefficient (Wildman–Crippen LogP) is 10.5. The summed E-state index contributed by atoms with van der Waals surface area (Å²) < 4.78 is 26.6. The minimum atomic E-state index is -2.11. The van der Waals surface area contributed by atoms with Crippen molar-refractivity contribution in [2.24, 2.45) is 0 Å². The first-order chi connectivity index (χ1) is 20.5. The van der Waals surface area contributed by atoms with Crippen LogP contribution >= 0.6 is 24.0 Å². The van der Waals surface area contributed by atoms with Gasteiger partial charge >= 0.3 is 6.09 Å². The van der Waals surface area contributed by atoms with E-state index in [1.54, 1.807) is 0 Å². The molecule has 0 spiro atoms. The van der Waals surface area contributed by atoms with E-state index in [0.717, 1.165) is 21.9 Å². The van der Waals surface area contributed by atoms with Gasteiger partial charge < -0.3 is 18.3 Å². The molecule has 0 aromatic heterocycles. The van der Waals surface area contributed by atoms with Crippen molar-refractivity contribution < 1.29 is 23.1 Å². The van der Waals surface area contributed by atoms with E-state index in [-0.39, 0.29) is 28.3 Å². The number of hydrogen-bond donors (Lipinski definition) is 0. The second kappa shape index (κ2) is 14.0. The SMILES string of the molecule is CSC(=S)OC(c1ccc(CO[Si](C)(C)C(C)(C)C)c2ccccc12)[C@@H]1C[C@@H](O[Si](C)(C)C(C)(C)C)CN1C(=O)OC(C)(C)C. The summed E-state index contributed by atoms with van der Waals surface area (Å²) in [7, 11) is -4.07. The first-order valence-electron chi connectivity index (χ1n) is 16.0. The lowest BCUT2D eigenvalue weighted by molar-refractivity contribution is 0.00776. The molecular weight excluding hydrogens is 635 g/mol. The maximum atomic E-state index is 13.8. The number of ether oxygens (including phenoxy) is 2. The lowest BCUT2D eigenvalue weighted by Crippen LogP contribution is -2.45. The third-order valence-corrected chi connectivity index (χ3v) is 19.7. The molecule has 0 N–H and O–H groups in total. The van der Waals surface area contributed by atoms with Gasteiger partial charge in [0, 0.05) is 12.1 Å². The smallest absolute Gasteiger partial charge is 0.410 e. The Morgan fingerprint density at radius 1 is 0.933 bits per heavy atom. The molecule has 3 rings (SSSR count). The standard InChI is InChI=1S/C35H57NO5S2Si2/c1-33(2,3)40-31(37)36-22-25(41-45(13,14)35(7,8)9)21-29(36)30(39-32(42)43-10)28-20-19-24(26-17-15-16-18-27(26)28)23-38-44(11,12)34(4,5)6/h15-20,25,29-30H,21-23H2,1-14H3/t25-,29+,30?/m1/s1. The van der Waals surface area contributed by atoms with Crippen molar-refractivity contribution in [1.29, 1.82) is 0 Å². The second-order valence-electron chi connectivity index (χ2n) is 16.3. The number of thioether (sulfide) groups is 1. The molecule has 0 bridgehead atoms. The maximum absolute atomic E-state index is 13.8. The van der Waals surface area contributed by atoms with Gasteiger partial charge in [-0.05, 0) is 98.3 Å². The highest BCUT2D eigenvalue weighted by Gasteiger charge is 2.48. The van der Waals surface area contributed by atoms with Gasteiger partial charge in [0.2, 0.25) is 4.38 Å². The summed E-state index contributed by atoms with van der Waals surface area (Å²) >= 11 is 7.05. The van der Waals surface area contributed by atoms with Crippen LogP contribution in [0.1, 0.15) is 86.0 Å². The Morgan fingerprint density at radius 2 is 1.51 bits per heavy atom. The highest BCUT2D eigenvalue weighted by molar-refractivity contribution is 8.22. The van der Waals surface area contributed by atoms with E-state index in [1.165, 1.54) is 11.8 Å². The van der Waals surface area contributed by atoms with Crippen LogP contribution in [-0.4, -0.2) is 62.6 Å². The van der Waals surface area contributed by atoms with E-state index in [4.69, 9.17) is 30.5 Å². The van der Waals surface area contributed by atoms with Crippen LogP contribution in [0.15, 0.2) is 36.4 Å². The summed E-state index contributed by atoms with van der Waals surface area (Å²) in [6, 6.07) is 12.4. The van der Waals surface area contributed by atoms with Gasteiger partial charge in [0.1, 0.15) is 11.7 Å². The largest absolute Gasteiger partial charge is 0.468 e. The maximum Gasteiger partial charge on any atom is 0.410 e. The zero-order valence-electron chi connectivity index (χ0n) is 30.1. The molecule has 1 unspecified atom stereocenters. The van der Waals surface area contributed by atoms with Crippen molar-refractivity contribution in [3.63, 3.8) is 0 Å². The zero-order valence-corrected chi connectivity index (χ0v) is 33.8. The number of nitrogens with zero attached hydrogens (tertiary/aromatic N) is 1. The molecule has 1 amide bonds. The average Bonchev–Trinajstić information content (AvgIpc) is 3.31. The lowest BCUT2D eigenvalue weighted by Gasteiger charge is -2.38. The van der Waals surface area contributed by atoms with Gasteiger partial charge in [-0.2, -0.15) is 0 Å². The van der Waals surface area contributed by atoms with Crippen LogP contribution in [0.2, 0.25) is 36.3 Å². The number of carbonyl (C=O) groups excluding carboxylic acids is 1. The second-order valence-corrected chi connectivity index (χ2v) is 27.3. The Balaban J connectivity index is 2.11. The van der Waals surface area contributed by atoms with Gasteiger partial charge in [0.05, 0.1) is 18.8 Å². The van der Waals surface area contributed by atoms with Crippen LogP contribution in [-0.2, 0) is 24.9 Å². The van der Waals surface area contributed by atoms with Crippen molar-refractivity contribution >= 4 is 61.9 Å². The van der Waals surface area contributed by atoms with Gasteiger partial charge in [0.15, 0.2) is 16.6 Å². The summed E-state index contributed by atoms with van der Waals surface area (Å²) in [5, 5.41) is 2.34. The fraction of sp³-hybridized carbons (Fsp3) is 0.657.